The number of halogens is 1. The van der Waals surface area contributed by atoms with Crippen LogP contribution < -0.4 is 15.9 Å². The predicted molar refractivity (Wildman–Crippen MR) is 162 cm³/mol. The molecule has 0 aromatic heterocycles. The van der Waals surface area contributed by atoms with Crippen molar-refractivity contribution < 1.29 is 28.4 Å². The van der Waals surface area contributed by atoms with Crippen molar-refractivity contribution in [3.05, 3.63) is 135 Å². The lowest BCUT2D eigenvalue weighted by molar-refractivity contribution is -0.387. The molecule has 0 fully saturated rings. The molecule has 0 aliphatic carbocycles. The van der Waals surface area contributed by atoms with Crippen LogP contribution in [0.15, 0.2) is 96.6 Å². The lowest BCUT2D eigenvalue weighted by Crippen LogP contribution is -2.34. The summed E-state index contributed by atoms with van der Waals surface area (Å²) in [5.74, 6) is -2.92. The lowest BCUT2D eigenvalue weighted by Gasteiger charge is -2.31. The van der Waals surface area contributed by atoms with Gasteiger partial charge in [0.25, 0.3) is 0 Å². The summed E-state index contributed by atoms with van der Waals surface area (Å²) in [7, 11) is 1.18. The Labute approximate surface area is 242 Å². The van der Waals surface area contributed by atoms with Gasteiger partial charge in [0, 0.05) is 11.6 Å². The number of esters is 2. The van der Waals surface area contributed by atoms with Crippen LogP contribution in [-0.2, 0) is 19.1 Å². The number of methoxy groups -OCH3 is 1. The summed E-state index contributed by atoms with van der Waals surface area (Å²) in [6.45, 7) is 2.71. The number of carbonyl (C=O) groups excluding carboxylic acids is 2. The van der Waals surface area contributed by atoms with Crippen LogP contribution in [0.2, 0.25) is 0 Å². The van der Waals surface area contributed by atoms with E-state index in [0.717, 1.165) is 44.7 Å². The highest BCUT2D eigenvalue weighted by Gasteiger charge is 2.45. The molecule has 0 spiro atoms. The number of carbonyl (C=O) groups is 2. The minimum absolute atomic E-state index is 0.00154. The van der Waals surface area contributed by atoms with Crippen LogP contribution in [0, 0.1) is 36.7 Å². The van der Waals surface area contributed by atoms with Gasteiger partial charge < -0.3 is 9.47 Å². The molecule has 4 aromatic rings. The molecule has 0 amide bonds. The molecule has 0 atom stereocenters. The topological polar surface area (TPSA) is 95.7 Å². The minimum atomic E-state index is -3.16. The largest absolute Gasteiger partial charge is 0.465 e. The van der Waals surface area contributed by atoms with Gasteiger partial charge in [0.05, 0.1) is 17.3 Å². The van der Waals surface area contributed by atoms with E-state index < -0.39 is 35.3 Å². The summed E-state index contributed by atoms with van der Waals surface area (Å²) in [6.07, 6.45) is 0. The number of nitro groups is 1. The van der Waals surface area contributed by atoms with E-state index in [4.69, 9.17) is 9.47 Å². The van der Waals surface area contributed by atoms with Crippen molar-refractivity contribution in [1.29, 1.82) is 0 Å². The molecule has 4 aromatic carbocycles. The SMILES string of the molecule is COC(=O)C1=C(c2ccc(F)c([N+](=O)[O-])c2)OC(=O)C1=P(c1ccc(C)cc1)(c1ccc(C)cc1)c1ccc(C)cc1. The molecule has 0 bridgehead atoms. The zero-order valence-electron chi connectivity index (χ0n) is 23.4. The van der Waals surface area contributed by atoms with Crippen molar-refractivity contribution in [1.82, 2.24) is 0 Å². The zero-order valence-corrected chi connectivity index (χ0v) is 24.3. The number of cyclic esters (lactones) is 1. The number of aryl methyl sites for hydroxylation is 3. The van der Waals surface area contributed by atoms with Gasteiger partial charge in [-0.2, -0.15) is 4.39 Å². The van der Waals surface area contributed by atoms with E-state index in [9.17, 15) is 24.1 Å². The molecular formula is C33H27FNO6P. The summed E-state index contributed by atoms with van der Waals surface area (Å²) in [6, 6.07) is 26.4. The molecule has 0 radical (unpaired) electrons. The first kappa shape index (κ1) is 28.7. The average molecular weight is 584 g/mol. The summed E-state index contributed by atoms with van der Waals surface area (Å²) in [4.78, 5) is 38.4. The smallest absolute Gasteiger partial charge is 0.345 e. The van der Waals surface area contributed by atoms with Crippen molar-refractivity contribution in [2.24, 2.45) is 0 Å². The summed E-state index contributed by atoms with van der Waals surface area (Å²) in [5, 5.41) is 14.0. The van der Waals surface area contributed by atoms with Crippen molar-refractivity contribution >= 4 is 51.5 Å². The van der Waals surface area contributed by atoms with Crippen LogP contribution in [-0.4, -0.2) is 29.3 Å². The molecule has 212 valence electrons. The number of hydrogen-bond donors (Lipinski definition) is 0. The van der Waals surface area contributed by atoms with Gasteiger partial charge in [-0.1, -0.05) is 89.5 Å². The fraction of sp³-hybridized carbons (Fsp3) is 0.121. The number of benzene rings is 4. The molecule has 9 heteroatoms. The maximum absolute atomic E-state index is 14.3. The van der Waals surface area contributed by atoms with E-state index in [0.29, 0.717) is 0 Å². The second-order valence-corrected chi connectivity index (χ2v) is 13.4. The molecule has 1 aliphatic heterocycles. The van der Waals surface area contributed by atoms with Crippen LogP contribution >= 0.6 is 6.89 Å². The number of ether oxygens (including phenoxy) is 2. The van der Waals surface area contributed by atoms with E-state index in [-0.39, 0.29) is 22.2 Å². The first-order valence-electron chi connectivity index (χ1n) is 13.1. The molecule has 0 saturated heterocycles. The van der Waals surface area contributed by atoms with Gasteiger partial charge in [-0.3, -0.25) is 10.1 Å². The van der Waals surface area contributed by atoms with Crippen LogP contribution in [0.5, 0.6) is 0 Å². The quantitative estimate of drug-likeness (QED) is 0.133. The Hall–Kier alpha value is -4.81. The number of nitrogens with zero attached hydrogens (tertiary/aromatic N) is 1. The monoisotopic (exact) mass is 583 g/mol. The van der Waals surface area contributed by atoms with E-state index >= 15 is 0 Å². The Morgan fingerprint density at radius 3 is 1.67 bits per heavy atom. The predicted octanol–water partition coefficient (Wildman–Crippen LogP) is 5.27. The fourth-order valence-electron chi connectivity index (χ4n) is 5.13. The molecule has 7 nitrogen and oxygen atoms in total. The van der Waals surface area contributed by atoms with Crippen LogP contribution in [0.1, 0.15) is 22.3 Å². The Balaban J connectivity index is 2.04. The first-order chi connectivity index (χ1) is 20.1. The number of rotatable bonds is 6. The van der Waals surface area contributed by atoms with Crippen molar-refractivity contribution in [2.75, 3.05) is 7.11 Å². The molecule has 5 rings (SSSR count). The maximum atomic E-state index is 14.3. The third-order valence-corrected chi connectivity index (χ3v) is 11.5. The number of nitro benzene ring substituents is 1. The third kappa shape index (κ3) is 4.84. The van der Waals surface area contributed by atoms with E-state index in [1.54, 1.807) is 0 Å². The Morgan fingerprint density at radius 1 is 0.810 bits per heavy atom. The highest BCUT2D eigenvalue weighted by atomic mass is 31.2. The average Bonchev–Trinajstić information content (AvgIpc) is 3.32. The van der Waals surface area contributed by atoms with Crippen molar-refractivity contribution in [2.45, 2.75) is 20.8 Å². The molecule has 0 N–H and O–H groups in total. The molecule has 1 heterocycles. The van der Waals surface area contributed by atoms with E-state index in [2.05, 4.69) is 0 Å². The second-order valence-electron chi connectivity index (χ2n) is 10.0. The Bertz CT molecular complexity index is 1710. The van der Waals surface area contributed by atoms with Crippen LogP contribution in [0.3, 0.4) is 0 Å². The molecule has 0 saturated carbocycles. The van der Waals surface area contributed by atoms with Gasteiger partial charge >= 0.3 is 17.6 Å². The van der Waals surface area contributed by atoms with Crippen LogP contribution in [0.25, 0.3) is 5.76 Å². The van der Waals surface area contributed by atoms with Gasteiger partial charge in [-0.15, -0.1) is 0 Å². The molecule has 1 aliphatic rings. The highest BCUT2D eigenvalue weighted by molar-refractivity contribution is 7.97. The second kappa shape index (κ2) is 11.2. The Morgan fingerprint density at radius 2 is 1.26 bits per heavy atom. The summed E-state index contributed by atoms with van der Waals surface area (Å²) >= 11 is 0. The highest BCUT2D eigenvalue weighted by Crippen LogP contribution is 2.51. The fourth-order valence-corrected chi connectivity index (χ4v) is 9.44. The standard InChI is InChI=1S/C33H27FNO6P/c1-20-5-12-24(13-6-20)42(25-14-7-21(2)8-15-25,26-16-9-22(3)10-17-26)31-29(32(36)40-4)30(41-33(31)37)23-11-18-27(34)28(19-23)35(38)39/h5-19H,1-4H3. The summed E-state index contributed by atoms with van der Waals surface area (Å²) < 4.78 is 25.3. The zero-order chi connectivity index (χ0) is 30.2. The molecule has 42 heavy (non-hydrogen) atoms. The van der Waals surface area contributed by atoms with E-state index in [1.807, 2.05) is 93.6 Å². The number of hydrogen-bond acceptors (Lipinski definition) is 6. The van der Waals surface area contributed by atoms with Gasteiger partial charge in [-0.05, 0) is 55.7 Å². The normalized spacial score (nSPS) is 13.3. The van der Waals surface area contributed by atoms with Crippen LogP contribution in [0.4, 0.5) is 10.1 Å². The van der Waals surface area contributed by atoms with Gasteiger partial charge in [-0.25, -0.2) is 9.59 Å². The Kier molecular flexibility index (Phi) is 7.67. The summed E-state index contributed by atoms with van der Waals surface area (Å²) in [5.41, 5.74) is 2.05. The lowest BCUT2D eigenvalue weighted by atomic mass is 10.1. The van der Waals surface area contributed by atoms with Gasteiger partial charge in [0.15, 0.2) is 5.76 Å². The van der Waals surface area contributed by atoms with Gasteiger partial charge in [0.2, 0.25) is 5.82 Å². The van der Waals surface area contributed by atoms with Gasteiger partial charge in [0.1, 0.15) is 5.57 Å². The maximum Gasteiger partial charge on any atom is 0.345 e. The van der Waals surface area contributed by atoms with E-state index in [1.165, 1.54) is 13.2 Å². The van der Waals surface area contributed by atoms with Crippen molar-refractivity contribution in [3.63, 3.8) is 0 Å². The third-order valence-electron chi connectivity index (χ3n) is 7.25. The minimum Gasteiger partial charge on any atom is -0.465 e. The molecule has 0 unspecified atom stereocenters. The molecular weight excluding hydrogens is 556 g/mol. The van der Waals surface area contributed by atoms with Crippen molar-refractivity contribution in [3.8, 4) is 0 Å². The first-order valence-corrected chi connectivity index (χ1v) is 14.8.